The van der Waals surface area contributed by atoms with Crippen LogP contribution in [-0.4, -0.2) is 20.3 Å². The zero-order chi connectivity index (χ0) is 10.4. The van der Waals surface area contributed by atoms with Crippen LogP contribution in [0.25, 0.3) is 0 Å². The average Bonchev–Trinajstić information content (AvgIpc) is 2.15. The Hall–Kier alpha value is 0.01000. The van der Waals surface area contributed by atoms with Crippen molar-refractivity contribution in [3.63, 3.8) is 0 Å². The fourth-order valence-electron chi connectivity index (χ4n) is 1.06. The largest absolute Gasteiger partial charge is 1.00 e. The van der Waals surface area contributed by atoms with Crippen molar-refractivity contribution in [3.8, 4) is 0 Å². The fraction of sp³-hybridized carbons (Fsp3) is 0.400. The summed E-state index contributed by atoms with van der Waals surface area (Å²) in [6.07, 6.45) is 0. The quantitative estimate of drug-likeness (QED) is 0.744. The SMILES string of the molecule is COCCNCc1ccc(Cl)cc1Cl.[Cl-]. The first-order chi connectivity index (χ1) is 6.74. The molecule has 0 heterocycles. The summed E-state index contributed by atoms with van der Waals surface area (Å²) in [4.78, 5) is 0. The number of benzene rings is 1. The maximum Gasteiger partial charge on any atom is 0.0587 e. The third-order valence-corrected chi connectivity index (χ3v) is 2.40. The van der Waals surface area contributed by atoms with Crippen LogP contribution in [0.4, 0.5) is 0 Å². The zero-order valence-electron chi connectivity index (χ0n) is 8.40. The van der Waals surface area contributed by atoms with Gasteiger partial charge in [-0.15, -0.1) is 0 Å². The van der Waals surface area contributed by atoms with Crippen LogP contribution in [0.15, 0.2) is 18.2 Å². The molecule has 0 fully saturated rings. The first kappa shape index (κ1) is 15.0. The van der Waals surface area contributed by atoms with Crippen molar-refractivity contribution in [1.82, 2.24) is 5.32 Å². The van der Waals surface area contributed by atoms with E-state index in [9.17, 15) is 0 Å². The third kappa shape index (κ3) is 5.59. The molecule has 1 aromatic rings. The van der Waals surface area contributed by atoms with Gasteiger partial charge in [-0.25, -0.2) is 0 Å². The summed E-state index contributed by atoms with van der Waals surface area (Å²) < 4.78 is 4.91. The van der Waals surface area contributed by atoms with Crippen molar-refractivity contribution >= 4 is 23.2 Å². The number of halogens is 3. The molecule has 0 atom stereocenters. The second-order valence-electron chi connectivity index (χ2n) is 2.91. The zero-order valence-corrected chi connectivity index (χ0v) is 10.7. The van der Waals surface area contributed by atoms with Gasteiger partial charge in [0, 0.05) is 30.2 Å². The van der Waals surface area contributed by atoms with Gasteiger partial charge in [0.2, 0.25) is 0 Å². The molecule has 15 heavy (non-hydrogen) atoms. The predicted molar refractivity (Wildman–Crippen MR) is 60.0 cm³/mol. The molecular formula is C10H13Cl3NO-. The fourth-order valence-corrected chi connectivity index (χ4v) is 1.54. The molecule has 86 valence electrons. The lowest BCUT2D eigenvalue weighted by Gasteiger charge is -2.06. The average molecular weight is 270 g/mol. The highest BCUT2D eigenvalue weighted by molar-refractivity contribution is 6.35. The van der Waals surface area contributed by atoms with Crippen molar-refractivity contribution in [2.24, 2.45) is 0 Å². The molecule has 0 aliphatic heterocycles. The van der Waals surface area contributed by atoms with E-state index >= 15 is 0 Å². The Morgan fingerprint density at radius 1 is 1.33 bits per heavy atom. The monoisotopic (exact) mass is 268 g/mol. The topological polar surface area (TPSA) is 21.3 Å². The molecule has 1 aromatic carbocycles. The van der Waals surface area contributed by atoms with Crippen LogP contribution in [0.2, 0.25) is 10.0 Å². The second kappa shape index (κ2) is 8.20. The van der Waals surface area contributed by atoms with Crippen LogP contribution in [0.1, 0.15) is 5.56 Å². The Balaban J connectivity index is 0.00000196. The molecular weight excluding hydrogens is 256 g/mol. The smallest absolute Gasteiger partial charge is 0.0587 e. The molecule has 0 saturated carbocycles. The van der Waals surface area contributed by atoms with Gasteiger partial charge < -0.3 is 22.5 Å². The maximum absolute atomic E-state index is 5.99. The molecule has 0 saturated heterocycles. The Morgan fingerprint density at radius 2 is 2.07 bits per heavy atom. The lowest BCUT2D eigenvalue weighted by Crippen LogP contribution is -3.00. The first-order valence-corrected chi connectivity index (χ1v) is 5.13. The Bertz CT molecular complexity index is 294. The van der Waals surface area contributed by atoms with Crippen molar-refractivity contribution in [1.29, 1.82) is 0 Å². The lowest BCUT2D eigenvalue weighted by atomic mass is 10.2. The van der Waals surface area contributed by atoms with Gasteiger partial charge in [0.1, 0.15) is 0 Å². The standard InChI is InChI=1S/C10H13Cl2NO.ClH/c1-14-5-4-13-7-8-2-3-9(11)6-10(8)12;/h2-3,6,13H,4-5,7H2,1H3;1H/p-1. The number of hydrogen-bond donors (Lipinski definition) is 1. The highest BCUT2D eigenvalue weighted by Crippen LogP contribution is 2.20. The molecule has 0 spiro atoms. The van der Waals surface area contributed by atoms with Gasteiger partial charge in [-0.1, -0.05) is 29.3 Å². The molecule has 5 heteroatoms. The van der Waals surface area contributed by atoms with Gasteiger partial charge in [-0.3, -0.25) is 0 Å². The van der Waals surface area contributed by atoms with Gasteiger partial charge in [0.25, 0.3) is 0 Å². The van der Waals surface area contributed by atoms with E-state index < -0.39 is 0 Å². The molecule has 0 aliphatic rings. The molecule has 0 radical (unpaired) electrons. The van der Waals surface area contributed by atoms with E-state index in [1.54, 1.807) is 13.2 Å². The summed E-state index contributed by atoms with van der Waals surface area (Å²) in [5.74, 6) is 0. The third-order valence-electron chi connectivity index (χ3n) is 1.81. The minimum atomic E-state index is 0. The van der Waals surface area contributed by atoms with E-state index in [0.29, 0.717) is 16.7 Å². The van der Waals surface area contributed by atoms with Crippen LogP contribution < -0.4 is 17.7 Å². The van der Waals surface area contributed by atoms with Gasteiger partial charge in [-0.2, -0.15) is 0 Å². The molecule has 1 rings (SSSR count). The lowest BCUT2D eigenvalue weighted by molar-refractivity contribution is -0.00000308. The number of nitrogens with one attached hydrogen (secondary N) is 1. The summed E-state index contributed by atoms with van der Waals surface area (Å²) in [7, 11) is 1.68. The molecule has 0 bridgehead atoms. The summed E-state index contributed by atoms with van der Waals surface area (Å²) in [5.41, 5.74) is 1.05. The molecule has 1 N–H and O–H groups in total. The van der Waals surface area contributed by atoms with Crippen LogP contribution in [0, 0.1) is 0 Å². The Morgan fingerprint density at radius 3 is 2.67 bits per heavy atom. The van der Waals surface area contributed by atoms with Crippen LogP contribution in [0.3, 0.4) is 0 Å². The van der Waals surface area contributed by atoms with E-state index in [0.717, 1.165) is 18.7 Å². The maximum atomic E-state index is 5.99. The normalized spacial score (nSPS) is 9.80. The summed E-state index contributed by atoms with van der Waals surface area (Å²) in [6, 6.07) is 5.50. The van der Waals surface area contributed by atoms with E-state index in [4.69, 9.17) is 27.9 Å². The van der Waals surface area contributed by atoms with E-state index in [1.165, 1.54) is 0 Å². The molecule has 0 amide bonds. The van der Waals surface area contributed by atoms with Crippen LogP contribution in [0.5, 0.6) is 0 Å². The van der Waals surface area contributed by atoms with E-state index in [1.807, 2.05) is 12.1 Å². The second-order valence-corrected chi connectivity index (χ2v) is 3.75. The molecule has 0 aromatic heterocycles. The van der Waals surface area contributed by atoms with Gasteiger partial charge in [0.15, 0.2) is 0 Å². The van der Waals surface area contributed by atoms with Crippen molar-refractivity contribution in [3.05, 3.63) is 33.8 Å². The summed E-state index contributed by atoms with van der Waals surface area (Å²) in [6.45, 7) is 2.25. The minimum Gasteiger partial charge on any atom is -1.00 e. The molecule has 2 nitrogen and oxygen atoms in total. The Kier molecular flexibility index (Phi) is 8.20. The predicted octanol–water partition coefficient (Wildman–Crippen LogP) is -0.267. The van der Waals surface area contributed by atoms with Crippen molar-refractivity contribution in [2.75, 3.05) is 20.3 Å². The number of hydrogen-bond acceptors (Lipinski definition) is 2. The van der Waals surface area contributed by atoms with E-state index in [2.05, 4.69) is 5.32 Å². The molecule has 0 aliphatic carbocycles. The van der Waals surface area contributed by atoms with Crippen molar-refractivity contribution < 1.29 is 17.1 Å². The molecule has 0 unspecified atom stereocenters. The number of rotatable bonds is 5. The summed E-state index contributed by atoms with van der Waals surface area (Å²) in [5, 5.41) is 4.57. The van der Waals surface area contributed by atoms with Crippen LogP contribution in [-0.2, 0) is 11.3 Å². The number of ether oxygens (including phenoxy) is 1. The van der Waals surface area contributed by atoms with E-state index in [-0.39, 0.29) is 12.4 Å². The van der Waals surface area contributed by atoms with Gasteiger partial charge in [-0.05, 0) is 17.7 Å². The summed E-state index contributed by atoms with van der Waals surface area (Å²) >= 11 is 11.8. The van der Waals surface area contributed by atoms with Gasteiger partial charge >= 0.3 is 0 Å². The highest BCUT2D eigenvalue weighted by atomic mass is 35.5. The van der Waals surface area contributed by atoms with Crippen molar-refractivity contribution in [2.45, 2.75) is 6.54 Å². The Labute approximate surface area is 106 Å². The van der Waals surface area contributed by atoms with Gasteiger partial charge in [0.05, 0.1) is 6.61 Å². The first-order valence-electron chi connectivity index (χ1n) is 4.37. The minimum absolute atomic E-state index is 0. The van der Waals surface area contributed by atoms with Crippen LogP contribution >= 0.6 is 23.2 Å². The highest BCUT2D eigenvalue weighted by Gasteiger charge is 1.99. The number of methoxy groups -OCH3 is 1.